The first-order chi connectivity index (χ1) is 7.97. The molecule has 0 heterocycles. The van der Waals surface area contributed by atoms with Gasteiger partial charge in [-0.25, -0.2) is 17.9 Å². The van der Waals surface area contributed by atoms with Gasteiger partial charge in [0, 0.05) is 0 Å². The fraction of sp³-hybridized carbons (Fsp3) is 0.400. The van der Waals surface area contributed by atoms with Gasteiger partial charge in [0.15, 0.2) is 0 Å². The molecule has 0 atom stereocenters. The quantitative estimate of drug-likeness (QED) is 0.727. The molecular weight excluding hydrogens is 249 g/mol. The van der Waals surface area contributed by atoms with Gasteiger partial charge in [-0.2, -0.15) is 0 Å². The van der Waals surface area contributed by atoms with Crippen LogP contribution < -0.4 is 9.88 Å². The molecule has 1 aromatic carbocycles. The highest BCUT2D eigenvalue weighted by atomic mass is 32.2. The smallest absolute Gasteiger partial charge is 0.211 e. The molecule has 0 fully saturated rings. The molecule has 0 aromatic heterocycles. The van der Waals surface area contributed by atoms with Crippen molar-refractivity contribution in [3.63, 3.8) is 0 Å². The van der Waals surface area contributed by atoms with Crippen LogP contribution in [0.15, 0.2) is 24.3 Å². The van der Waals surface area contributed by atoms with Crippen molar-refractivity contribution in [1.29, 1.82) is 0 Å². The van der Waals surface area contributed by atoms with Crippen molar-refractivity contribution in [2.75, 3.05) is 25.6 Å². The summed E-state index contributed by atoms with van der Waals surface area (Å²) in [4.78, 5) is 0. The Morgan fingerprint density at radius 1 is 1.12 bits per heavy atom. The van der Waals surface area contributed by atoms with Gasteiger partial charge >= 0.3 is 0 Å². The zero-order valence-electron chi connectivity index (χ0n) is 9.13. The molecule has 0 aliphatic carbocycles. The zero-order valence-corrected chi connectivity index (χ0v) is 9.95. The van der Waals surface area contributed by atoms with Crippen LogP contribution in [0.25, 0.3) is 0 Å². The van der Waals surface area contributed by atoms with Crippen LogP contribution in [0.5, 0.6) is 5.75 Å². The van der Waals surface area contributed by atoms with E-state index in [1.54, 1.807) is 0 Å². The van der Waals surface area contributed by atoms with Crippen LogP contribution in [0.1, 0.15) is 0 Å². The van der Waals surface area contributed by atoms with Gasteiger partial charge in [-0.3, -0.25) is 0 Å². The molecule has 1 rings (SSSR count). The molecule has 0 aliphatic rings. The molecule has 0 bridgehead atoms. The molecular formula is C10H14FNO4S. The van der Waals surface area contributed by atoms with Gasteiger partial charge in [-0.15, -0.1) is 0 Å². The Balaban J connectivity index is 2.10. The van der Waals surface area contributed by atoms with Gasteiger partial charge < -0.3 is 9.47 Å². The molecule has 0 spiro atoms. The Labute approximate surface area is 99.4 Å². The third kappa shape index (κ3) is 6.88. The van der Waals surface area contributed by atoms with E-state index in [1.807, 2.05) is 0 Å². The lowest BCUT2D eigenvalue weighted by atomic mass is 10.3. The first-order valence-corrected chi connectivity index (χ1v) is 6.65. The zero-order chi connectivity index (χ0) is 12.7. The SMILES string of the molecule is NS(=O)(=O)CCOCCOc1ccc(F)cc1. The largest absolute Gasteiger partial charge is 0.491 e. The highest BCUT2D eigenvalue weighted by Gasteiger charge is 2.01. The van der Waals surface area contributed by atoms with Gasteiger partial charge in [-0.1, -0.05) is 0 Å². The van der Waals surface area contributed by atoms with E-state index in [0.717, 1.165) is 0 Å². The maximum Gasteiger partial charge on any atom is 0.211 e. The van der Waals surface area contributed by atoms with Gasteiger partial charge in [0.25, 0.3) is 0 Å². The van der Waals surface area contributed by atoms with Gasteiger partial charge in [0.2, 0.25) is 10.0 Å². The van der Waals surface area contributed by atoms with Crippen LogP contribution in [-0.4, -0.2) is 34.0 Å². The lowest BCUT2D eigenvalue weighted by Crippen LogP contribution is -2.21. The first-order valence-electron chi connectivity index (χ1n) is 4.94. The van der Waals surface area contributed by atoms with Crippen molar-refractivity contribution in [2.45, 2.75) is 0 Å². The van der Waals surface area contributed by atoms with E-state index in [-0.39, 0.29) is 31.4 Å². The second-order valence-corrected chi connectivity index (χ2v) is 5.02. The molecule has 0 radical (unpaired) electrons. The fourth-order valence-corrected chi connectivity index (χ4v) is 1.38. The summed E-state index contributed by atoms with van der Waals surface area (Å²) in [6.07, 6.45) is 0. The van der Waals surface area contributed by atoms with Crippen molar-refractivity contribution in [3.05, 3.63) is 30.1 Å². The minimum absolute atomic E-state index is 0.0333. The number of hydrogen-bond acceptors (Lipinski definition) is 4. The summed E-state index contributed by atoms with van der Waals surface area (Å²) in [7, 11) is -3.48. The number of ether oxygens (including phenoxy) is 2. The molecule has 0 amide bonds. The van der Waals surface area contributed by atoms with Crippen LogP contribution >= 0.6 is 0 Å². The monoisotopic (exact) mass is 263 g/mol. The molecule has 0 saturated heterocycles. The van der Waals surface area contributed by atoms with E-state index in [1.165, 1.54) is 24.3 Å². The molecule has 0 aliphatic heterocycles. The Morgan fingerprint density at radius 2 is 1.76 bits per heavy atom. The van der Waals surface area contributed by atoms with E-state index < -0.39 is 10.0 Å². The molecule has 2 N–H and O–H groups in total. The summed E-state index contributed by atoms with van der Waals surface area (Å²) in [5.74, 6) is -0.0213. The van der Waals surface area contributed by atoms with E-state index in [2.05, 4.69) is 0 Å². The lowest BCUT2D eigenvalue weighted by Gasteiger charge is -2.06. The van der Waals surface area contributed by atoms with E-state index in [4.69, 9.17) is 14.6 Å². The lowest BCUT2D eigenvalue weighted by molar-refractivity contribution is 0.111. The maximum absolute atomic E-state index is 12.5. The summed E-state index contributed by atoms with van der Waals surface area (Å²) in [6.45, 7) is 0.536. The average molecular weight is 263 g/mol. The van der Waals surface area contributed by atoms with Crippen molar-refractivity contribution < 1.29 is 22.3 Å². The van der Waals surface area contributed by atoms with Crippen LogP contribution in [0.4, 0.5) is 4.39 Å². The van der Waals surface area contributed by atoms with Gasteiger partial charge in [0.1, 0.15) is 18.2 Å². The minimum Gasteiger partial charge on any atom is -0.491 e. The number of sulfonamides is 1. The van der Waals surface area contributed by atoms with Gasteiger partial charge in [-0.05, 0) is 24.3 Å². The Hall–Kier alpha value is -1.18. The second-order valence-electron chi connectivity index (χ2n) is 3.28. The second kappa shape index (κ2) is 6.53. The summed E-state index contributed by atoms with van der Waals surface area (Å²) in [6, 6.07) is 5.58. The topological polar surface area (TPSA) is 78.6 Å². The predicted octanol–water partition coefficient (Wildman–Crippen LogP) is 0.510. The van der Waals surface area contributed by atoms with Crippen molar-refractivity contribution in [1.82, 2.24) is 0 Å². The first kappa shape index (κ1) is 13.9. The van der Waals surface area contributed by atoms with Crippen LogP contribution in [0.2, 0.25) is 0 Å². The fourth-order valence-electron chi connectivity index (χ4n) is 1.03. The average Bonchev–Trinajstić information content (AvgIpc) is 2.24. The number of hydrogen-bond donors (Lipinski definition) is 1. The van der Waals surface area contributed by atoms with Crippen molar-refractivity contribution in [3.8, 4) is 5.75 Å². The third-order valence-electron chi connectivity index (χ3n) is 1.82. The summed E-state index contributed by atoms with van der Waals surface area (Å²) < 4.78 is 43.9. The number of nitrogens with two attached hydrogens (primary N) is 1. The number of rotatable bonds is 7. The Morgan fingerprint density at radius 3 is 2.35 bits per heavy atom. The summed E-state index contributed by atoms with van der Waals surface area (Å²) in [5, 5.41) is 4.78. The predicted molar refractivity (Wildman–Crippen MR) is 60.7 cm³/mol. The molecule has 96 valence electrons. The summed E-state index contributed by atoms with van der Waals surface area (Å²) in [5.41, 5.74) is 0. The minimum atomic E-state index is -3.48. The molecule has 5 nitrogen and oxygen atoms in total. The normalized spacial score (nSPS) is 11.4. The highest BCUT2D eigenvalue weighted by Crippen LogP contribution is 2.10. The molecule has 7 heteroatoms. The molecule has 17 heavy (non-hydrogen) atoms. The van der Waals surface area contributed by atoms with E-state index in [9.17, 15) is 12.8 Å². The molecule has 0 saturated carbocycles. The number of halogens is 1. The standard InChI is InChI=1S/C10H14FNO4S/c11-9-1-3-10(4-2-9)16-6-5-15-7-8-17(12,13)14/h1-4H,5-8H2,(H2,12,13,14). The Bertz CT molecular complexity index is 432. The molecule has 0 unspecified atom stereocenters. The van der Waals surface area contributed by atoms with E-state index in [0.29, 0.717) is 5.75 Å². The number of primary sulfonamides is 1. The van der Waals surface area contributed by atoms with Crippen LogP contribution in [0, 0.1) is 5.82 Å². The third-order valence-corrected chi connectivity index (χ3v) is 2.56. The van der Waals surface area contributed by atoms with Crippen molar-refractivity contribution >= 4 is 10.0 Å². The van der Waals surface area contributed by atoms with Gasteiger partial charge in [0.05, 0.1) is 19.0 Å². The Kier molecular flexibility index (Phi) is 5.33. The summed E-state index contributed by atoms with van der Waals surface area (Å²) >= 11 is 0. The maximum atomic E-state index is 12.5. The van der Waals surface area contributed by atoms with E-state index >= 15 is 0 Å². The number of benzene rings is 1. The molecule has 1 aromatic rings. The van der Waals surface area contributed by atoms with Crippen molar-refractivity contribution in [2.24, 2.45) is 5.14 Å². The van der Waals surface area contributed by atoms with Crippen LogP contribution in [0.3, 0.4) is 0 Å². The van der Waals surface area contributed by atoms with Crippen LogP contribution in [-0.2, 0) is 14.8 Å². The highest BCUT2D eigenvalue weighted by molar-refractivity contribution is 7.89.